The van der Waals surface area contributed by atoms with Gasteiger partial charge in [-0.3, -0.25) is 0 Å². The second kappa shape index (κ2) is 3.49. The molecule has 1 unspecified atom stereocenters. The second-order valence-corrected chi connectivity index (χ2v) is 3.79. The third kappa shape index (κ3) is 1.33. The van der Waals surface area contributed by atoms with Crippen LogP contribution in [0.25, 0.3) is 5.57 Å². The van der Waals surface area contributed by atoms with Gasteiger partial charge in [0.1, 0.15) is 0 Å². The molecule has 98 valence electrons. The summed E-state index contributed by atoms with van der Waals surface area (Å²) in [5, 5.41) is 0. The third-order valence-corrected chi connectivity index (χ3v) is 2.73. The Kier molecular flexibility index (Phi) is 2.50. The summed E-state index contributed by atoms with van der Waals surface area (Å²) >= 11 is 0. The molecule has 1 aromatic carbocycles. The Morgan fingerprint density at radius 3 is 1.83 bits per heavy atom. The summed E-state index contributed by atoms with van der Waals surface area (Å²) in [4.78, 5) is 0. The molecule has 0 aliphatic heterocycles. The number of hydrogen-bond donors (Lipinski definition) is 0. The SMILES string of the molecule is FC1=C(c2ccccc2)C(F)(C(F)(F)F)C1(F)F. The van der Waals surface area contributed by atoms with Crippen molar-refractivity contribution in [2.75, 3.05) is 0 Å². The highest BCUT2D eigenvalue weighted by Gasteiger charge is 2.82. The smallest absolute Gasteiger partial charge is 0.221 e. The lowest BCUT2D eigenvalue weighted by molar-refractivity contribution is -0.283. The Bertz CT molecular complexity index is 500. The highest BCUT2D eigenvalue weighted by Crippen LogP contribution is 2.64. The maximum absolute atomic E-state index is 13.6. The van der Waals surface area contributed by atoms with Crippen LogP contribution in [0.1, 0.15) is 5.56 Å². The quantitative estimate of drug-likeness (QED) is 0.668. The zero-order valence-corrected chi connectivity index (χ0v) is 8.53. The molecule has 1 aromatic rings. The Hall–Kier alpha value is -1.53. The molecule has 0 nitrogen and oxygen atoms in total. The predicted octanol–water partition coefficient (Wildman–Crippen LogP) is 4.29. The number of alkyl halides is 6. The predicted molar refractivity (Wildman–Crippen MR) is 49.3 cm³/mol. The number of hydrogen-bond acceptors (Lipinski definition) is 0. The molecule has 0 spiro atoms. The van der Waals surface area contributed by atoms with E-state index in [0.29, 0.717) is 0 Å². The van der Waals surface area contributed by atoms with Gasteiger partial charge in [-0.25, -0.2) is 8.78 Å². The molecule has 1 aliphatic carbocycles. The van der Waals surface area contributed by atoms with Crippen molar-refractivity contribution in [3.63, 3.8) is 0 Å². The third-order valence-electron chi connectivity index (χ3n) is 2.73. The minimum atomic E-state index is -5.89. The van der Waals surface area contributed by atoms with E-state index in [9.17, 15) is 30.7 Å². The van der Waals surface area contributed by atoms with Crippen molar-refractivity contribution in [2.24, 2.45) is 0 Å². The summed E-state index contributed by atoms with van der Waals surface area (Å²) in [5.41, 5.74) is -7.19. The van der Waals surface area contributed by atoms with Crippen LogP contribution in [-0.2, 0) is 0 Å². The van der Waals surface area contributed by atoms with E-state index in [-0.39, 0.29) is 0 Å². The molecule has 0 radical (unpaired) electrons. The first kappa shape index (κ1) is 12.9. The molecule has 7 heteroatoms. The summed E-state index contributed by atoms with van der Waals surface area (Å²) < 4.78 is 89.7. The van der Waals surface area contributed by atoms with Crippen molar-refractivity contribution in [3.05, 3.63) is 41.7 Å². The highest BCUT2D eigenvalue weighted by atomic mass is 19.4. The molecular formula is C11H5F7. The van der Waals surface area contributed by atoms with E-state index in [1.54, 1.807) is 0 Å². The Labute approximate surface area is 96.7 Å². The molecule has 0 amide bonds. The van der Waals surface area contributed by atoms with Gasteiger partial charge in [-0.2, -0.15) is 22.0 Å². The normalized spacial score (nSPS) is 27.1. The lowest BCUT2D eigenvalue weighted by Crippen LogP contribution is -2.63. The molecule has 2 rings (SSSR count). The zero-order valence-electron chi connectivity index (χ0n) is 8.53. The van der Waals surface area contributed by atoms with Gasteiger partial charge in [0.15, 0.2) is 5.83 Å². The fraction of sp³-hybridized carbons (Fsp3) is 0.273. The molecular weight excluding hydrogens is 265 g/mol. The summed E-state index contributed by atoms with van der Waals surface area (Å²) in [7, 11) is 0. The van der Waals surface area contributed by atoms with E-state index in [1.165, 1.54) is 18.2 Å². The molecule has 1 aliphatic rings. The van der Waals surface area contributed by atoms with E-state index in [0.717, 1.165) is 12.1 Å². The minimum Gasteiger partial charge on any atom is -0.221 e. The van der Waals surface area contributed by atoms with Gasteiger partial charge in [0.05, 0.1) is 5.57 Å². The van der Waals surface area contributed by atoms with Gasteiger partial charge in [0, 0.05) is 0 Å². The largest absolute Gasteiger partial charge is 0.433 e. The average Bonchev–Trinajstić information content (AvgIpc) is 2.29. The van der Waals surface area contributed by atoms with Crippen LogP contribution in [0.2, 0.25) is 0 Å². The first-order valence-electron chi connectivity index (χ1n) is 4.73. The molecule has 0 heterocycles. The van der Waals surface area contributed by atoms with Crippen molar-refractivity contribution in [1.82, 2.24) is 0 Å². The summed E-state index contributed by atoms with van der Waals surface area (Å²) in [5.74, 6) is -7.57. The van der Waals surface area contributed by atoms with Crippen molar-refractivity contribution in [3.8, 4) is 0 Å². The van der Waals surface area contributed by atoms with Crippen molar-refractivity contribution in [1.29, 1.82) is 0 Å². The summed E-state index contributed by atoms with van der Waals surface area (Å²) in [6, 6.07) is 5.65. The molecule has 0 bridgehead atoms. The molecule has 0 saturated carbocycles. The minimum absolute atomic E-state index is 0.555. The van der Waals surface area contributed by atoms with Gasteiger partial charge in [0.2, 0.25) is 0 Å². The van der Waals surface area contributed by atoms with Crippen molar-refractivity contribution >= 4 is 5.57 Å². The second-order valence-electron chi connectivity index (χ2n) is 3.79. The fourth-order valence-electron chi connectivity index (χ4n) is 1.80. The summed E-state index contributed by atoms with van der Waals surface area (Å²) in [6.45, 7) is 0. The Morgan fingerprint density at radius 2 is 1.39 bits per heavy atom. The highest BCUT2D eigenvalue weighted by molar-refractivity contribution is 5.84. The van der Waals surface area contributed by atoms with Gasteiger partial charge in [-0.05, 0) is 5.56 Å². The van der Waals surface area contributed by atoms with Crippen LogP contribution in [0.3, 0.4) is 0 Å². The van der Waals surface area contributed by atoms with Crippen molar-refractivity contribution < 1.29 is 30.7 Å². The molecule has 0 aromatic heterocycles. The van der Waals surface area contributed by atoms with Crippen LogP contribution in [0.4, 0.5) is 30.7 Å². The van der Waals surface area contributed by atoms with Crippen LogP contribution in [0.15, 0.2) is 36.2 Å². The fourth-order valence-corrected chi connectivity index (χ4v) is 1.80. The van der Waals surface area contributed by atoms with Crippen molar-refractivity contribution in [2.45, 2.75) is 17.8 Å². The first-order valence-corrected chi connectivity index (χ1v) is 4.73. The lowest BCUT2D eigenvalue weighted by Gasteiger charge is -2.43. The molecule has 0 fully saturated rings. The van der Waals surface area contributed by atoms with Crippen LogP contribution in [0.5, 0.6) is 0 Å². The number of rotatable bonds is 1. The van der Waals surface area contributed by atoms with Crippen LogP contribution in [0, 0.1) is 0 Å². The summed E-state index contributed by atoms with van der Waals surface area (Å²) in [6.07, 6.45) is -5.89. The van der Waals surface area contributed by atoms with Gasteiger partial charge in [-0.1, -0.05) is 30.3 Å². The zero-order chi connectivity index (χ0) is 13.8. The number of halogens is 7. The standard InChI is InChI=1S/C11H5F7/c12-8-7(6-4-2-1-3-5-6)9(13,10(8,14)15)11(16,17)18/h1-5H. The number of allylic oxidation sites excluding steroid dienone is 2. The van der Waals surface area contributed by atoms with Gasteiger partial charge >= 0.3 is 17.8 Å². The van der Waals surface area contributed by atoms with Gasteiger partial charge < -0.3 is 0 Å². The van der Waals surface area contributed by atoms with E-state index in [4.69, 9.17) is 0 Å². The molecule has 1 atom stereocenters. The maximum Gasteiger partial charge on any atom is 0.433 e. The van der Waals surface area contributed by atoms with Crippen LogP contribution >= 0.6 is 0 Å². The topological polar surface area (TPSA) is 0 Å². The monoisotopic (exact) mass is 270 g/mol. The molecule has 18 heavy (non-hydrogen) atoms. The van der Waals surface area contributed by atoms with E-state index < -0.39 is 34.7 Å². The Morgan fingerprint density at radius 1 is 0.889 bits per heavy atom. The lowest BCUT2D eigenvalue weighted by atomic mass is 9.72. The number of benzene rings is 1. The van der Waals surface area contributed by atoms with E-state index >= 15 is 0 Å². The molecule has 0 saturated heterocycles. The van der Waals surface area contributed by atoms with Crippen LogP contribution in [-0.4, -0.2) is 17.8 Å². The van der Waals surface area contributed by atoms with E-state index in [1.807, 2.05) is 0 Å². The first-order chi connectivity index (χ1) is 8.14. The van der Waals surface area contributed by atoms with Gasteiger partial charge in [0.25, 0.3) is 0 Å². The Balaban J connectivity index is 2.64. The van der Waals surface area contributed by atoms with Crippen LogP contribution < -0.4 is 0 Å². The van der Waals surface area contributed by atoms with E-state index in [2.05, 4.69) is 0 Å². The maximum atomic E-state index is 13.6. The molecule has 0 N–H and O–H groups in total. The van der Waals surface area contributed by atoms with Gasteiger partial charge in [-0.15, -0.1) is 0 Å². The average molecular weight is 270 g/mol.